The third-order valence-corrected chi connectivity index (χ3v) is 4.74. The van der Waals surface area contributed by atoms with E-state index in [0.29, 0.717) is 49.1 Å². The maximum Gasteiger partial charge on any atom is 0.308 e. The molecule has 0 bridgehead atoms. The molecule has 1 aromatic carbocycles. The van der Waals surface area contributed by atoms with E-state index in [2.05, 4.69) is 10.6 Å². The van der Waals surface area contributed by atoms with Gasteiger partial charge >= 0.3 is 5.97 Å². The number of nitrogens with one attached hydrogen (secondary N) is 2. The van der Waals surface area contributed by atoms with Gasteiger partial charge in [-0.15, -0.1) is 0 Å². The van der Waals surface area contributed by atoms with Crippen molar-refractivity contribution >= 4 is 29.2 Å². The second-order valence-electron chi connectivity index (χ2n) is 6.22. The van der Waals surface area contributed by atoms with E-state index in [0.717, 1.165) is 0 Å². The number of aliphatic carboxylic acids is 1. The number of carbonyl (C=O) groups is 2. The van der Waals surface area contributed by atoms with Crippen molar-refractivity contribution in [1.82, 2.24) is 5.32 Å². The molecule has 144 valence electrons. The van der Waals surface area contributed by atoms with Gasteiger partial charge in [0.2, 0.25) is 5.91 Å². The lowest BCUT2D eigenvalue weighted by Crippen LogP contribution is -2.39. The lowest BCUT2D eigenvalue weighted by Gasteiger charge is -2.27. The number of ether oxygens (including phenoxy) is 2. The Bertz CT molecular complexity index is 620. The lowest BCUT2D eigenvalue weighted by atomic mass is 9.86. The average Bonchev–Trinajstić information content (AvgIpc) is 2.63. The summed E-state index contributed by atoms with van der Waals surface area (Å²) in [5, 5.41) is 15.8. The Morgan fingerprint density at radius 1 is 1.38 bits per heavy atom. The molecule has 0 spiro atoms. The highest BCUT2D eigenvalue weighted by atomic mass is 35.5. The van der Waals surface area contributed by atoms with Gasteiger partial charge in [0.05, 0.1) is 18.7 Å². The minimum atomic E-state index is -0.876. The van der Waals surface area contributed by atoms with Crippen LogP contribution >= 0.6 is 11.6 Å². The van der Waals surface area contributed by atoms with E-state index in [1.807, 2.05) is 0 Å². The molecule has 0 radical (unpaired) electrons. The van der Waals surface area contributed by atoms with Gasteiger partial charge in [-0.1, -0.05) is 11.6 Å². The fraction of sp³-hybridized carbons (Fsp3) is 0.556. The highest BCUT2D eigenvalue weighted by Crippen LogP contribution is 2.27. The molecule has 1 saturated heterocycles. The normalized spacial score (nSPS) is 15.9. The summed E-state index contributed by atoms with van der Waals surface area (Å²) in [7, 11) is 1.56. The van der Waals surface area contributed by atoms with Gasteiger partial charge in [-0.3, -0.25) is 9.59 Å². The van der Waals surface area contributed by atoms with Crippen LogP contribution in [0, 0.1) is 11.8 Å². The number of rotatable bonds is 9. The van der Waals surface area contributed by atoms with Crippen LogP contribution in [0.4, 0.5) is 5.69 Å². The van der Waals surface area contributed by atoms with Gasteiger partial charge in [-0.25, -0.2) is 0 Å². The molecule has 1 amide bonds. The maximum absolute atomic E-state index is 12.0. The van der Waals surface area contributed by atoms with Gasteiger partial charge < -0.3 is 25.2 Å². The summed E-state index contributed by atoms with van der Waals surface area (Å²) in [5.41, 5.74) is 0.707. The van der Waals surface area contributed by atoms with Crippen LogP contribution in [0.5, 0.6) is 5.75 Å². The van der Waals surface area contributed by atoms with Crippen LogP contribution in [-0.2, 0) is 14.3 Å². The van der Waals surface area contributed by atoms with Gasteiger partial charge in [0, 0.05) is 37.7 Å². The van der Waals surface area contributed by atoms with Crippen molar-refractivity contribution in [3.05, 3.63) is 23.2 Å². The zero-order chi connectivity index (χ0) is 18.9. The molecule has 2 rings (SSSR count). The number of halogens is 1. The van der Waals surface area contributed by atoms with Gasteiger partial charge in [-0.2, -0.15) is 0 Å². The Kier molecular flexibility index (Phi) is 8.00. The van der Waals surface area contributed by atoms with Gasteiger partial charge in [0.25, 0.3) is 0 Å². The largest absolute Gasteiger partial charge is 0.495 e. The molecule has 1 fully saturated rings. The molecule has 7 nitrogen and oxygen atoms in total. The number of benzene rings is 1. The Balaban J connectivity index is 1.77. The summed E-state index contributed by atoms with van der Waals surface area (Å²) in [4.78, 5) is 23.5. The average molecular weight is 385 g/mol. The molecule has 1 aliphatic heterocycles. The smallest absolute Gasteiger partial charge is 0.308 e. The van der Waals surface area contributed by atoms with E-state index in [4.69, 9.17) is 21.1 Å². The molecule has 1 heterocycles. The van der Waals surface area contributed by atoms with Crippen molar-refractivity contribution in [2.75, 3.05) is 38.7 Å². The molecule has 0 aromatic heterocycles. The monoisotopic (exact) mass is 384 g/mol. The highest BCUT2D eigenvalue weighted by Gasteiger charge is 2.29. The molecular formula is C18H25ClN2O5. The second-order valence-corrected chi connectivity index (χ2v) is 6.66. The summed E-state index contributed by atoms with van der Waals surface area (Å²) >= 11 is 5.96. The first-order valence-electron chi connectivity index (χ1n) is 8.66. The minimum Gasteiger partial charge on any atom is -0.495 e. The van der Waals surface area contributed by atoms with Crippen LogP contribution in [0.2, 0.25) is 5.02 Å². The molecular weight excluding hydrogens is 360 g/mol. The van der Waals surface area contributed by atoms with E-state index in [9.17, 15) is 14.7 Å². The van der Waals surface area contributed by atoms with Crippen LogP contribution in [0.25, 0.3) is 0 Å². The zero-order valence-electron chi connectivity index (χ0n) is 14.8. The molecule has 1 atom stereocenters. The number of carboxylic acids is 1. The molecule has 0 aliphatic carbocycles. The van der Waals surface area contributed by atoms with Gasteiger partial charge in [-0.05, 0) is 37.0 Å². The third-order valence-electron chi connectivity index (χ3n) is 4.50. The maximum atomic E-state index is 12.0. The summed E-state index contributed by atoms with van der Waals surface area (Å²) in [6.07, 6.45) is 1.64. The summed E-state index contributed by atoms with van der Waals surface area (Å²) in [5.74, 6) is -0.977. The topological polar surface area (TPSA) is 96.9 Å². The van der Waals surface area contributed by atoms with Crippen molar-refractivity contribution in [2.24, 2.45) is 11.8 Å². The number of anilines is 1. The fourth-order valence-corrected chi connectivity index (χ4v) is 3.19. The van der Waals surface area contributed by atoms with Crippen molar-refractivity contribution in [3.8, 4) is 5.75 Å². The Morgan fingerprint density at radius 3 is 2.77 bits per heavy atom. The summed E-state index contributed by atoms with van der Waals surface area (Å²) in [6.45, 7) is 1.68. The van der Waals surface area contributed by atoms with Crippen molar-refractivity contribution in [3.63, 3.8) is 0 Å². The van der Waals surface area contributed by atoms with Crippen LogP contribution in [0.1, 0.15) is 19.3 Å². The Hall–Kier alpha value is -1.99. The van der Waals surface area contributed by atoms with Crippen LogP contribution < -0.4 is 15.4 Å². The Morgan fingerprint density at radius 2 is 2.12 bits per heavy atom. The van der Waals surface area contributed by atoms with Crippen LogP contribution in [0.3, 0.4) is 0 Å². The lowest BCUT2D eigenvalue weighted by molar-refractivity contribution is -0.144. The van der Waals surface area contributed by atoms with E-state index in [1.165, 1.54) is 0 Å². The van der Waals surface area contributed by atoms with Gasteiger partial charge in [0.15, 0.2) is 0 Å². The van der Waals surface area contributed by atoms with Gasteiger partial charge in [0.1, 0.15) is 5.75 Å². The molecule has 1 aliphatic rings. The first-order valence-corrected chi connectivity index (χ1v) is 9.03. The quantitative estimate of drug-likeness (QED) is 0.605. The molecule has 8 heteroatoms. The number of hydrogen-bond donors (Lipinski definition) is 3. The first kappa shape index (κ1) is 20.3. The van der Waals surface area contributed by atoms with E-state index in [1.54, 1.807) is 25.3 Å². The molecule has 26 heavy (non-hydrogen) atoms. The predicted octanol–water partition coefficient (Wildman–Crippen LogP) is 2.39. The number of methoxy groups -OCH3 is 1. The molecule has 0 saturated carbocycles. The van der Waals surface area contributed by atoms with Crippen molar-refractivity contribution in [1.29, 1.82) is 0 Å². The number of carbonyl (C=O) groups excluding carboxylic acids is 1. The molecule has 1 unspecified atom stereocenters. The standard InChI is InChI=1S/C18H25ClN2O5/c1-25-16-3-2-13(19)10-15(16)20-7-4-17(22)21-11-14(18(23)24)12-5-8-26-9-6-12/h2-3,10,12,14,20H,4-9,11H2,1H3,(H,21,22)(H,23,24). The second kappa shape index (κ2) is 10.2. The van der Waals surface area contributed by atoms with E-state index >= 15 is 0 Å². The SMILES string of the molecule is COc1ccc(Cl)cc1NCCC(=O)NCC(C(=O)O)C1CCOCC1. The molecule has 3 N–H and O–H groups in total. The predicted molar refractivity (Wildman–Crippen MR) is 98.8 cm³/mol. The van der Waals surface area contributed by atoms with Crippen LogP contribution in [-0.4, -0.2) is 50.4 Å². The molecule has 1 aromatic rings. The number of carboxylic acid groups (broad SMARTS) is 1. The van der Waals surface area contributed by atoms with E-state index < -0.39 is 11.9 Å². The number of amides is 1. The Labute approximate surface area is 158 Å². The third kappa shape index (κ3) is 6.07. The minimum absolute atomic E-state index is 0.0374. The zero-order valence-corrected chi connectivity index (χ0v) is 15.6. The number of hydrogen-bond acceptors (Lipinski definition) is 5. The van der Waals surface area contributed by atoms with Crippen molar-refractivity contribution < 1.29 is 24.2 Å². The fourth-order valence-electron chi connectivity index (χ4n) is 3.02. The van der Waals surface area contributed by atoms with E-state index in [-0.39, 0.29) is 24.8 Å². The summed E-state index contributed by atoms with van der Waals surface area (Å²) in [6, 6.07) is 5.20. The highest BCUT2D eigenvalue weighted by molar-refractivity contribution is 6.30. The van der Waals surface area contributed by atoms with Crippen LogP contribution in [0.15, 0.2) is 18.2 Å². The first-order chi connectivity index (χ1) is 12.5. The summed E-state index contributed by atoms with van der Waals surface area (Å²) < 4.78 is 10.5. The van der Waals surface area contributed by atoms with Crippen molar-refractivity contribution in [2.45, 2.75) is 19.3 Å².